The Morgan fingerprint density at radius 2 is 1.77 bits per heavy atom. The molecule has 1 heterocycles. The molecule has 0 radical (unpaired) electrons. The summed E-state index contributed by atoms with van der Waals surface area (Å²) >= 11 is 0. The van der Waals surface area contributed by atoms with Gasteiger partial charge in [0.2, 0.25) is 5.91 Å². The van der Waals surface area contributed by atoms with Gasteiger partial charge < -0.3 is 14.8 Å². The molecule has 1 N–H and O–H groups in total. The van der Waals surface area contributed by atoms with E-state index >= 15 is 0 Å². The molecule has 0 spiro atoms. The first-order valence-electron chi connectivity index (χ1n) is 11.1. The standard InChI is InChI=1S/C25H31FN2O3/c1-30-23-13-19-11-12-28(16-17-7-9-20(26)10-8-17)22(21(19)14-24(23)31-2)15-27-25(29)18-5-3-4-6-18/h7-10,13-14,18,22H,3-6,11-12,15-16H2,1-2H3,(H,27,29)/t22-/m0/s1. The third-order valence-electron chi connectivity index (χ3n) is 6.61. The molecule has 1 aliphatic heterocycles. The highest BCUT2D eigenvalue weighted by atomic mass is 19.1. The van der Waals surface area contributed by atoms with Gasteiger partial charge in [-0.15, -0.1) is 0 Å². The molecule has 1 fully saturated rings. The minimum Gasteiger partial charge on any atom is -0.493 e. The van der Waals surface area contributed by atoms with Crippen molar-refractivity contribution in [1.29, 1.82) is 0 Å². The van der Waals surface area contributed by atoms with Crippen molar-refractivity contribution in [3.63, 3.8) is 0 Å². The molecule has 1 aliphatic carbocycles. The molecule has 0 bridgehead atoms. The van der Waals surface area contributed by atoms with Gasteiger partial charge in [-0.05, 0) is 60.2 Å². The molecule has 31 heavy (non-hydrogen) atoms. The van der Waals surface area contributed by atoms with E-state index in [1.807, 2.05) is 18.2 Å². The summed E-state index contributed by atoms with van der Waals surface area (Å²) in [6.07, 6.45) is 5.12. The second-order valence-corrected chi connectivity index (χ2v) is 8.50. The van der Waals surface area contributed by atoms with Crippen LogP contribution < -0.4 is 14.8 Å². The number of carbonyl (C=O) groups is 1. The Morgan fingerprint density at radius 1 is 1.10 bits per heavy atom. The first-order valence-corrected chi connectivity index (χ1v) is 11.1. The van der Waals surface area contributed by atoms with Gasteiger partial charge in [0.15, 0.2) is 11.5 Å². The third kappa shape index (κ3) is 4.85. The Bertz CT molecular complexity index is 910. The molecular weight excluding hydrogens is 395 g/mol. The predicted octanol–water partition coefficient (Wildman–Crippen LogP) is 4.25. The van der Waals surface area contributed by atoms with Crippen molar-refractivity contribution in [1.82, 2.24) is 10.2 Å². The van der Waals surface area contributed by atoms with Crippen molar-refractivity contribution >= 4 is 5.91 Å². The summed E-state index contributed by atoms with van der Waals surface area (Å²) in [7, 11) is 3.29. The molecule has 2 aromatic carbocycles. The van der Waals surface area contributed by atoms with Crippen LogP contribution in [0.5, 0.6) is 11.5 Å². The topological polar surface area (TPSA) is 50.8 Å². The molecule has 166 valence electrons. The van der Waals surface area contributed by atoms with Gasteiger partial charge in [-0.1, -0.05) is 25.0 Å². The minimum atomic E-state index is -0.232. The molecular formula is C25H31FN2O3. The SMILES string of the molecule is COc1cc2c(cc1OC)[C@H](CNC(=O)C1CCCC1)N(Cc1ccc(F)cc1)CC2. The molecule has 6 heteroatoms. The number of ether oxygens (including phenoxy) is 2. The molecule has 0 saturated heterocycles. The second-order valence-electron chi connectivity index (χ2n) is 8.50. The summed E-state index contributed by atoms with van der Waals surface area (Å²) in [5.41, 5.74) is 3.42. The van der Waals surface area contributed by atoms with E-state index < -0.39 is 0 Å². The van der Waals surface area contributed by atoms with E-state index in [0.717, 1.165) is 55.5 Å². The molecule has 0 unspecified atom stereocenters. The smallest absolute Gasteiger partial charge is 0.223 e. The molecule has 1 saturated carbocycles. The van der Waals surface area contributed by atoms with E-state index in [9.17, 15) is 9.18 Å². The Labute approximate surface area is 183 Å². The van der Waals surface area contributed by atoms with Gasteiger partial charge >= 0.3 is 0 Å². The number of halogens is 1. The molecule has 4 rings (SSSR count). The highest BCUT2D eigenvalue weighted by Crippen LogP contribution is 2.38. The van der Waals surface area contributed by atoms with Crippen molar-refractivity contribution in [2.45, 2.75) is 44.7 Å². The maximum absolute atomic E-state index is 13.4. The fourth-order valence-corrected chi connectivity index (χ4v) is 4.86. The first kappa shape index (κ1) is 21.6. The van der Waals surface area contributed by atoms with Crippen LogP contribution in [-0.4, -0.2) is 38.1 Å². The number of fused-ring (bicyclic) bond motifs is 1. The van der Waals surface area contributed by atoms with Crippen LogP contribution >= 0.6 is 0 Å². The lowest BCUT2D eigenvalue weighted by molar-refractivity contribution is -0.125. The van der Waals surface area contributed by atoms with Crippen LogP contribution in [0.3, 0.4) is 0 Å². The van der Waals surface area contributed by atoms with Gasteiger partial charge in [0.25, 0.3) is 0 Å². The van der Waals surface area contributed by atoms with Gasteiger partial charge in [-0.25, -0.2) is 4.39 Å². The van der Waals surface area contributed by atoms with Crippen molar-refractivity contribution in [3.05, 3.63) is 58.9 Å². The van der Waals surface area contributed by atoms with Crippen molar-refractivity contribution in [2.75, 3.05) is 27.3 Å². The van der Waals surface area contributed by atoms with Crippen LogP contribution in [0.25, 0.3) is 0 Å². The molecule has 0 aromatic heterocycles. The van der Waals surface area contributed by atoms with E-state index in [1.165, 1.54) is 17.7 Å². The largest absolute Gasteiger partial charge is 0.493 e. The van der Waals surface area contributed by atoms with Gasteiger partial charge in [-0.2, -0.15) is 0 Å². The van der Waals surface area contributed by atoms with E-state index in [0.29, 0.717) is 18.8 Å². The average molecular weight is 427 g/mol. The number of amides is 1. The third-order valence-corrected chi connectivity index (χ3v) is 6.61. The highest BCUT2D eigenvalue weighted by molar-refractivity contribution is 5.78. The van der Waals surface area contributed by atoms with Gasteiger partial charge in [0.1, 0.15) is 5.82 Å². The highest BCUT2D eigenvalue weighted by Gasteiger charge is 2.31. The summed E-state index contributed by atoms with van der Waals surface area (Å²) in [5.74, 6) is 1.48. The average Bonchev–Trinajstić information content (AvgIpc) is 3.33. The fraction of sp³-hybridized carbons (Fsp3) is 0.480. The van der Waals surface area contributed by atoms with Crippen molar-refractivity contribution in [2.24, 2.45) is 5.92 Å². The lowest BCUT2D eigenvalue weighted by atomic mass is 9.91. The van der Waals surface area contributed by atoms with Crippen LogP contribution in [0.2, 0.25) is 0 Å². The van der Waals surface area contributed by atoms with Crippen molar-refractivity contribution in [3.8, 4) is 11.5 Å². The van der Waals surface area contributed by atoms with Crippen LogP contribution in [-0.2, 0) is 17.8 Å². The molecule has 1 atom stereocenters. The quantitative estimate of drug-likeness (QED) is 0.719. The second kappa shape index (κ2) is 9.69. The number of benzene rings is 2. The lowest BCUT2D eigenvalue weighted by Gasteiger charge is -2.38. The number of hydrogen-bond acceptors (Lipinski definition) is 4. The molecule has 2 aromatic rings. The molecule has 2 aliphatic rings. The summed E-state index contributed by atoms with van der Waals surface area (Å²) in [4.78, 5) is 15.1. The number of nitrogens with zero attached hydrogens (tertiary/aromatic N) is 1. The Morgan fingerprint density at radius 3 is 2.45 bits per heavy atom. The van der Waals surface area contributed by atoms with Crippen LogP contribution in [0, 0.1) is 11.7 Å². The number of methoxy groups -OCH3 is 2. The fourth-order valence-electron chi connectivity index (χ4n) is 4.86. The first-order chi connectivity index (χ1) is 15.1. The Kier molecular flexibility index (Phi) is 6.76. The van der Waals surface area contributed by atoms with Crippen LogP contribution in [0.1, 0.15) is 48.4 Å². The normalized spacial score (nSPS) is 19.1. The van der Waals surface area contributed by atoms with Gasteiger partial charge in [-0.3, -0.25) is 9.69 Å². The number of nitrogens with one attached hydrogen (secondary N) is 1. The maximum atomic E-state index is 13.4. The van der Waals surface area contributed by atoms with Crippen LogP contribution in [0.4, 0.5) is 4.39 Å². The van der Waals surface area contributed by atoms with E-state index in [-0.39, 0.29) is 23.7 Å². The number of hydrogen-bond donors (Lipinski definition) is 1. The van der Waals surface area contributed by atoms with Crippen molar-refractivity contribution < 1.29 is 18.7 Å². The maximum Gasteiger partial charge on any atom is 0.223 e. The number of rotatable bonds is 7. The monoisotopic (exact) mass is 426 g/mol. The summed E-state index contributed by atoms with van der Waals surface area (Å²) in [6, 6.07) is 10.8. The van der Waals surface area contributed by atoms with Gasteiger partial charge in [0, 0.05) is 25.6 Å². The zero-order valence-corrected chi connectivity index (χ0v) is 18.3. The molecule has 1 amide bonds. The molecule has 5 nitrogen and oxygen atoms in total. The van der Waals surface area contributed by atoms with Crippen LogP contribution in [0.15, 0.2) is 36.4 Å². The summed E-state index contributed by atoms with van der Waals surface area (Å²) < 4.78 is 24.4. The van der Waals surface area contributed by atoms with Gasteiger partial charge in [0.05, 0.1) is 20.3 Å². The van der Waals surface area contributed by atoms with E-state index in [4.69, 9.17) is 9.47 Å². The predicted molar refractivity (Wildman–Crippen MR) is 118 cm³/mol. The minimum absolute atomic E-state index is 0.0129. The Hall–Kier alpha value is -2.60. The summed E-state index contributed by atoms with van der Waals surface area (Å²) in [5, 5.41) is 3.21. The number of carbonyl (C=O) groups excluding carboxylic acids is 1. The zero-order chi connectivity index (χ0) is 21.8. The lowest BCUT2D eigenvalue weighted by Crippen LogP contribution is -2.43. The zero-order valence-electron chi connectivity index (χ0n) is 18.3. The summed E-state index contributed by atoms with van der Waals surface area (Å²) in [6.45, 7) is 2.08. The van der Waals surface area contributed by atoms with E-state index in [1.54, 1.807) is 14.2 Å². The Balaban J connectivity index is 1.59. The van der Waals surface area contributed by atoms with E-state index in [2.05, 4.69) is 16.3 Å².